The number of para-hydroxylation sites is 1. The first-order valence-electron chi connectivity index (χ1n) is 3.75. The van der Waals surface area contributed by atoms with E-state index in [1.807, 2.05) is 0 Å². The Labute approximate surface area is 78.1 Å². The Morgan fingerprint density at radius 1 is 1.21 bits per heavy atom. The van der Waals surface area contributed by atoms with Crippen molar-refractivity contribution in [3.8, 4) is 0 Å². The zero-order valence-electron chi connectivity index (χ0n) is 7.03. The molecule has 1 rings (SSSR count). The summed E-state index contributed by atoms with van der Waals surface area (Å²) in [5.41, 5.74) is 0.125. The Hall–Kier alpha value is -1.59. The summed E-state index contributed by atoms with van der Waals surface area (Å²) in [6, 6.07) is 7.47. The van der Waals surface area contributed by atoms with Gasteiger partial charge in [-0.1, -0.05) is 18.2 Å². The average molecular weight is 204 g/mol. The van der Waals surface area contributed by atoms with Crippen LogP contribution in [-0.2, 0) is 0 Å². The van der Waals surface area contributed by atoms with Gasteiger partial charge in [-0.3, -0.25) is 0 Å². The van der Waals surface area contributed by atoms with Gasteiger partial charge in [0.25, 0.3) is 0 Å². The maximum Gasteiger partial charge on any atom is 0.408 e. The van der Waals surface area contributed by atoms with Crippen LogP contribution in [0.4, 0.5) is 18.9 Å². The minimum Gasteiger partial charge on any atom is -0.220 e. The molecule has 0 bridgehead atoms. The highest BCUT2D eigenvalue weighted by Crippen LogP contribution is 2.21. The van der Waals surface area contributed by atoms with E-state index in [0.29, 0.717) is 5.01 Å². The van der Waals surface area contributed by atoms with E-state index in [1.54, 1.807) is 6.07 Å². The number of hydrogen-bond donors (Lipinski definition) is 0. The molecule has 0 atom stereocenters. The second kappa shape index (κ2) is 4.08. The van der Waals surface area contributed by atoms with E-state index >= 15 is 0 Å². The number of hydrogen-bond acceptors (Lipinski definition) is 2. The topological polar surface area (TPSA) is 32.7 Å². The highest BCUT2D eigenvalue weighted by Gasteiger charge is 2.31. The molecule has 0 spiro atoms. The number of nitroso groups, excluding NO2 is 1. The summed E-state index contributed by atoms with van der Waals surface area (Å²) in [6.07, 6.45) is -4.44. The minimum atomic E-state index is -4.44. The highest BCUT2D eigenvalue weighted by atomic mass is 19.4. The molecule has 0 N–H and O–H groups in total. The molecule has 0 aliphatic rings. The van der Waals surface area contributed by atoms with Crippen LogP contribution in [0.5, 0.6) is 0 Å². The zero-order chi connectivity index (χ0) is 10.6. The number of benzene rings is 1. The highest BCUT2D eigenvalue weighted by molar-refractivity contribution is 5.44. The monoisotopic (exact) mass is 204 g/mol. The van der Waals surface area contributed by atoms with Crippen molar-refractivity contribution in [3.05, 3.63) is 35.2 Å². The fraction of sp³-hybridized carbons (Fsp3) is 0.250. The lowest BCUT2D eigenvalue weighted by molar-refractivity contribution is -0.119. The average Bonchev–Trinajstić information content (AvgIpc) is 2.14. The van der Waals surface area contributed by atoms with Crippen LogP contribution < -0.4 is 5.01 Å². The van der Waals surface area contributed by atoms with E-state index in [9.17, 15) is 18.1 Å². The first-order chi connectivity index (χ1) is 6.53. The van der Waals surface area contributed by atoms with Crippen molar-refractivity contribution in [3.63, 3.8) is 0 Å². The van der Waals surface area contributed by atoms with Crippen LogP contribution in [0.3, 0.4) is 0 Å². The SMILES string of the molecule is O=NN(CC(F)(F)F)c1ccccc1. The summed E-state index contributed by atoms with van der Waals surface area (Å²) in [7, 11) is 0. The molecular formula is C8H7F3N2O. The molecule has 0 saturated carbocycles. The molecule has 0 saturated heterocycles. The zero-order valence-corrected chi connectivity index (χ0v) is 7.03. The van der Waals surface area contributed by atoms with Gasteiger partial charge in [0.2, 0.25) is 0 Å². The third-order valence-corrected chi connectivity index (χ3v) is 1.48. The van der Waals surface area contributed by atoms with E-state index in [-0.39, 0.29) is 5.69 Å². The van der Waals surface area contributed by atoms with Crippen molar-refractivity contribution < 1.29 is 13.2 Å². The molecule has 0 radical (unpaired) electrons. The van der Waals surface area contributed by atoms with Crippen molar-refractivity contribution in [2.75, 3.05) is 11.6 Å². The molecule has 1 aromatic rings. The third kappa shape index (κ3) is 3.04. The fourth-order valence-corrected chi connectivity index (χ4v) is 0.937. The van der Waals surface area contributed by atoms with E-state index in [1.165, 1.54) is 24.3 Å². The standard InChI is InChI=1S/C8H7F3N2O/c9-8(10,11)6-13(12-14)7-4-2-1-3-5-7/h1-5H,6H2. The van der Waals surface area contributed by atoms with Crippen LogP contribution >= 0.6 is 0 Å². The number of alkyl halides is 3. The summed E-state index contributed by atoms with van der Waals surface area (Å²) < 4.78 is 35.8. The Kier molecular flexibility index (Phi) is 3.06. The molecule has 0 heterocycles. The fourth-order valence-electron chi connectivity index (χ4n) is 0.937. The van der Waals surface area contributed by atoms with Crippen LogP contribution in [-0.4, -0.2) is 12.7 Å². The molecule has 0 aliphatic carbocycles. The smallest absolute Gasteiger partial charge is 0.220 e. The maximum atomic E-state index is 11.9. The maximum absolute atomic E-state index is 11.9. The third-order valence-electron chi connectivity index (χ3n) is 1.48. The molecule has 76 valence electrons. The van der Waals surface area contributed by atoms with E-state index in [4.69, 9.17) is 0 Å². The van der Waals surface area contributed by atoms with Crippen LogP contribution in [0.2, 0.25) is 0 Å². The van der Waals surface area contributed by atoms with Gasteiger partial charge in [-0.15, -0.1) is 4.91 Å². The quantitative estimate of drug-likeness (QED) is 0.560. The van der Waals surface area contributed by atoms with Crippen molar-refractivity contribution >= 4 is 5.69 Å². The Morgan fingerprint density at radius 2 is 1.79 bits per heavy atom. The predicted molar refractivity (Wildman–Crippen MR) is 45.6 cm³/mol. The molecule has 6 heteroatoms. The minimum absolute atomic E-state index is 0.125. The van der Waals surface area contributed by atoms with Crippen molar-refractivity contribution in [1.82, 2.24) is 0 Å². The van der Waals surface area contributed by atoms with Crippen LogP contribution in [0, 0.1) is 4.91 Å². The van der Waals surface area contributed by atoms with Gasteiger partial charge in [-0.25, -0.2) is 5.01 Å². The first-order valence-corrected chi connectivity index (χ1v) is 3.75. The van der Waals surface area contributed by atoms with Crippen LogP contribution in [0.1, 0.15) is 0 Å². The molecule has 3 nitrogen and oxygen atoms in total. The Balaban J connectivity index is 2.78. The van der Waals surface area contributed by atoms with Crippen molar-refractivity contribution in [1.29, 1.82) is 0 Å². The van der Waals surface area contributed by atoms with E-state index in [2.05, 4.69) is 5.29 Å². The summed E-state index contributed by atoms with van der Waals surface area (Å²) in [6.45, 7) is -1.37. The van der Waals surface area contributed by atoms with Gasteiger partial charge in [-0.2, -0.15) is 13.2 Å². The molecule has 0 aliphatic heterocycles. The van der Waals surface area contributed by atoms with Gasteiger partial charge in [-0.05, 0) is 12.1 Å². The molecule has 0 amide bonds. The predicted octanol–water partition coefficient (Wildman–Crippen LogP) is 2.74. The Bertz CT molecular complexity index is 299. The van der Waals surface area contributed by atoms with Gasteiger partial charge in [0, 0.05) is 0 Å². The van der Waals surface area contributed by atoms with E-state index in [0.717, 1.165) is 0 Å². The largest absolute Gasteiger partial charge is 0.408 e. The number of halogens is 3. The normalized spacial score (nSPS) is 11.1. The second-order valence-electron chi connectivity index (χ2n) is 2.59. The van der Waals surface area contributed by atoms with Gasteiger partial charge < -0.3 is 0 Å². The second-order valence-corrected chi connectivity index (χ2v) is 2.59. The van der Waals surface area contributed by atoms with Crippen molar-refractivity contribution in [2.45, 2.75) is 6.18 Å². The molecule has 1 aromatic carbocycles. The number of rotatable bonds is 3. The lowest BCUT2D eigenvalue weighted by atomic mass is 10.3. The van der Waals surface area contributed by atoms with Gasteiger partial charge >= 0.3 is 6.18 Å². The van der Waals surface area contributed by atoms with Gasteiger partial charge in [0.05, 0.1) is 11.0 Å². The molecule has 0 unspecified atom stereocenters. The molecule has 14 heavy (non-hydrogen) atoms. The lowest BCUT2D eigenvalue weighted by Crippen LogP contribution is -2.29. The molecule has 0 aromatic heterocycles. The van der Waals surface area contributed by atoms with E-state index < -0.39 is 12.7 Å². The summed E-state index contributed by atoms with van der Waals surface area (Å²) in [5, 5.41) is 2.67. The first kappa shape index (κ1) is 10.5. The van der Waals surface area contributed by atoms with Crippen molar-refractivity contribution in [2.24, 2.45) is 5.29 Å². The number of anilines is 1. The Morgan fingerprint density at radius 3 is 2.21 bits per heavy atom. The van der Waals surface area contributed by atoms with Crippen LogP contribution in [0.15, 0.2) is 35.6 Å². The molecular weight excluding hydrogens is 197 g/mol. The summed E-state index contributed by atoms with van der Waals surface area (Å²) in [5.74, 6) is 0. The number of nitrogens with zero attached hydrogens (tertiary/aromatic N) is 2. The lowest BCUT2D eigenvalue weighted by Gasteiger charge is -2.16. The summed E-state index contributed by atoms with van der Waals surface area (Å²) >= 11 is 0. The van der Waals surface area contributed by atoms with Gasteiger partial charge in [0.1, 0.15) is 6.54 Å². The van der Waals surface area contributed by atoms with Gasteiger partial charge in [0.15, 0.2) is 0 Å². The molecule has 0 fully saturated rings. The van der Waals surface area contributed by atoms with Crippen LogP contribution in [0.25, 0.3) is 0 Å². The summed E-state index contributed by atoms with van der Waals surface area (Å²) in [4.78, 5) is 10.2.